The minimum Gasteiger partial charge on any atom is -0.360 e. The Labute approximate surface area is 154 Å². The number of carbonyl (C=O) groups excluding carboxylic acids is 1. The number of aryl methyl sites for hydroxylation is 1. The molecule has 2 aromatic rings. The summed E-state index contributed by atoms with van der Waals surface area (Å²) < 4.78 is 5.49. The summed E-state index contributed by atoms with van der Waals surface area (Å²) in [4.78, 5) is 15.0. The zero-order valence-electron chi connectivity index (χ0n) is 15.2. The van der Waals surface area contributed by atoms with Crippen molar-refractivity contribution in [3.8, 4) is 0 Å². The Balaban J connectivity index is 1.50. The van der Waals surface area contributed by atoms with E-state index in [9.17, 15) is 4.79 Å². The number of amides is 1. The smallest absolute Gasteiger partial charge is 0.276 e. The molecule has 1 aromatic heterocycles. The van der Waals surface area contributed by atoms with Crippen LogP contribution in [0.25, 0.3) is 0 Å². The van der Waals surface area contributed by atoms with Crippen molar-refractivity contribution in [3.05, 3.63) is 52.9 Å². The Hall–Kier alpha value is -2.14. The number of hydrogen-bond donors (Lipinski definition) is 1. The van der Waals surface area contributed by atoms with Crippen molar-refractivity contribution >= 4 is 5.91 Å². The molecule has 0 bridgehead atoms. The lowest BCUT2D eigenvalue weighted by atomic mass is 9.73. The van der Waals surface area contributed by atoms with E-state index in [1.165, 1.54) is 12.0 Å². The van der Waals surface area contributed by atoms with Crippen LogP contribution in [0.15, 0.2) is 34.9 Å². The number of hydrogen-bond acceptors (Lipinski definition) is 4. The van der Waals surface area contributed by atoms with Gasteiger partial charge in [0, 0.05) is 37.0 Å². The van der Waals surface area contributed by atoms with Crippen LogP contribution in [0.5, 0.6) is 0 Å². The van der Waals surface area contributed by atoms with Gasteiger partial charge in [-0.2, -0.15) is 0 Å². The van der Waals surface area contributed by atoms with Gasteiger partial charge in [-0.15, -0.1) is 0 Å². The molecular formula is C21H27N3O2. The first-order valence-corrected chi connectivity index (χ1v) is 9.76. The molecule has 1 saturated heterocycles. The molecule has 138 valence electrons. The summed E-state index contributed by atoms with van der Waals surface area (Å²) in [6, 6.07) is 10.5. The minimum absolute atomic E-state index is 0.0237. The molecule has 1 aromatic carbocycles. The van der Waals surface area contributed by atoms with Crippen molar-refractivity contribution in [2.45, 2.75) is 50.4 Å². The first kappa shape index (κ1) is 17.3. The summed E-state index contributed by atoms with van der Waals surface area (Å²) in [6.45, 7) is 2.04. The van der Waals surface area contributed by atoms with Gasteiger partial charge >= 0.3 is 0 Å². The Bertz CT molecular complexity index is 761. The van der Waals surface area contributed by atoms with Crippen LogP contribution in [-0.2, 0) is 18.3 Å². The topological polar surface area (TPSA) is 72.4 Å². The lowest BCUT2D eigenvalue weighted by molar-refractivity contribution is 0.0658. The van der Waals surface area contributed by atoms with Crippen LogP contribution in [0.2, 0.25) is 0 Å². The molecular weight excluding hydrogens is 326 g/mol. The average Bonchev–Trinajstić information content (AvgIpc) is 2.96. The third kappa shape index (κ3) is 3.05. The van der Waals surface area contributed by atoms with Crippen molar-refractivity contribution in [1.82, 2.24) is 10.1 Å². The first-order valence-electron chi connectivity index (χ1n) is 9.76. The third-order valence-electron chi connectivity index (χ3n) is 6.19. The van der Waals surface area contributed by atoms with Gasteiger partial charge in [0.1, 0.15) is 5.76 Å². The Morgan fingerprint density at radius 2 is 1.85 bits per heavy atom. The minimum atomic E-state index is -0.0290. The highest BCUT2D eigenvalue weighted by Crippen LogP contribution is 2.35. The van der Waals surface area contributed by atoms with Crippen molar-refractivity contribution in [3.63, 3.8) is 0 Å². The molecule has 5 heteroatoms. The summed E-state index contributed by atoms with van der Waals surface area (Å²) in [7, 11) is 0. The van der Waals surface area contributed by atoms with Crippen LogP contribution < -0.4 is 5.73 Å². The molecule has 2 N–H and O–H groups in total. The fraction of sp³-hybridized carbons (Fsp3) is 0.524. The normalized spacial score (nSPS) is 19.7. The van der Waals surface area contributed by atoms with Crippen molar-refractivity contribution < 1.29 is 9.32 Å². The molecule has 0 radical (unpaired) electrons. The number of likely N-dealkylation sites (tertiary alicyclic amines) is 1. The Kier molecular flexibility index (Phi) is 4.81. The molecule has 1 amide bonds. The van der Waals surface area contributed by atoms with Gasteiger partial charge in [0.05, 0.1) is 0 Å². The predicted molar refractivity (Wildman–Crippen MR) is 100 cm³/mol. The van der Waals surface area contributed by atoms with E-state index in [0.29, 0.717) is 25.3 Å². The monoisotopic (exact) mass is 353 g/mol. The molecule has 0 spiro atoms. The molecule has 0 saturated carbocycles. The van der Waals surface area contributed by atoms with E-state index in [2.05, 4.69) is 29.4 Å². The van der Waals surface area contributed by atoms with Gasteiger partial charge in [0.25, 0.3) is 5.91 Å². The van der Waals surface area contributed by atoms with E-state index < -0.39 is 0 Å². The van der Waals surface area contributed by atoms with Gasteiger partial charge in [-0.1, -0.05) is 41.9 Å². The molecule has 1 aliphatic carbocycles. The molecule has 5 nitrogen and oxygen atoms in total. The van der Waals surface area contributed by atoms with Crippen molar-refractivity contribution in [1.29, 1.82) is 0 Å². The van der Waals surface area contributed by atoms with Gasteiger partial charge in [0.2, 0.25) is 0 Å². The van der Waals surface area contributed by atoms with E-state index in [-0.39, 0.29) is 11.3 Å². The molecule has 2 aliphatic rings. The lowest BCUT2D eigenvalue weighted by Gasteiger charge is -2.41. The molecule has 2 heterocycles. The standard InChI is InChI=1S/C21H27N3O2/c22-15-21(16-7-3-1-4-8-16)11-13-24(14-12-21)20(25)19-17-9-5-2-6-10-18(17)26-23-19/h1,3-4,7-8H,2,5-6,9-15,22H2. The van der Waals surface area contributed by atoms with E-state index >= 15 is 0 Å². The number of nitrogens with zero attached hydrogens (tertiary/aromatic N) is 2. The lowest BCUT2D eigenvalue weighted by Crippen LogP contribution is -2.48. The summed E-state index contributed by atoms with van der Waals surface area (Å²) in [5, 5.41) is 4.14. The van der Waals surface area contributed by atoms with E-state index in [1.54, 1.807) is 0 Å². The van der Waals surface area contributed by atoms with Crippen LogP contribution in [0, 0.1) is 0 Å². The number of nitrogens with two attached hydrogens (primary N) is 1. The second-order valence-electron chi connectivity index (χ2n) is 7.64. The van der Waals surface area contributed by atoms with Crippen LogP contribution in [0.3, 0.4) is 0 Å². The maximum atomic E-state index is 13.1. The number of rotatable bonds is 3. The molecule has 4 rings (SSSR count). The van der Waals surface area contributed by atoms with Gasteiger partial charge in [-0.05, 0) is 37.7 Å². The third-order valence-corrected chi connectivity index (χ3v) is 6.19. The number of piperidine rings is 1. The quantitative estimate of drug-likeness (QED) is 0.861. The predicted octanol–water partition coefficient (Wildman–Crippen LogP) is 3.08. The Morgan fingerprint density at radius 1 is 1.12 bits per heavy atom. The van der Waals surface area contributed by atoms with Crippen LogP contribution in [0.1, 0.15) is 59.5 Å². The molecule has 1 fully saturated rings. The van der Waals surface area contributed by atoms with E-state index in [4.69, 9.17) is 10.3 Å². The fourth-order valence-electron chi connectivity index (χ4n) is 4.42. The zero-order chi connectivity index (χ0) is 18.0. The maximum absolute atomic E-state index is 13.1. The molecule has 0 atom stereocenters. The summed E-state index contributed by atoms with van der Waals surface area (Å²) >= 11 is 0. The molecule has 1 aliphatic heterocycles. The SMILES string of the molecule is NCC1(c2ccccc2)CCN(C(=O)c2noc3c2CCCCC3)CC1. The van der Waals surface area contributed by atoms with Crippen LogP contribution >= 0.6 is 0 Å². The largest absolute Gasteiger partial charge is 0.360 e. The second kappa shape index (κ2) is 7.23. The van der Waals surface area contributed by atoms with Gasteiger partial charge in [-0.3, -0.25) is 4.79 Å². The highest BCUT2D eigenvalue weighted by molar-refractivity contribution is 5.94. The summed E-state index contributed by atoms with van der Waals surface area (Å²) in [5.41, 5.74) is 9.01. The first-order chi connectivity index (χ1) is 12.7. The van der Waals surface area contributed by atoms with Crippen LogP contribution in [0.4, 0.5) is 0 Å². The van der Waals surface area contributed by atoms with Crippen LogP contribution in [-0.4, -0.2) is 35.6 Å². The van der Waals surface area contributed by atoms with Gasteiger partial charge in [0.15, 0.2) is 5.69 Å². The highest BCUT2D eigenvalue weighted by atomic mass is 16.5. The summed E-state index contributed by atoms with van der Waals surface area (Å²) in [5.74, 6) is 0.944. The second-order valence-corrected chi connectivity index (χ2v) is 7.64. The van der Waals surface area contributed by atoms with Crippen molar-refractivity contribution in [2.75, 3.05) is 19.6 Å². The average molecular weight is 353 g/mol. The molecule has 0 unspecified atom stereocenters. The maximum Gasteiger partial charge on any atom is 0.276 e. The Morgan fingerprint density at radius 3 is 2.58 bits per heavy atom. The highest BCUT2D eigenvalue weighted by Gasteiger charge is 2.37. The number of fused-ring (bicyclic) bond motifs is 1. The number of aromatic nitrogens is 1. The summed E-state index contributed by atoms with van der Waals surface area (Å²) in [6.07, 6.45) is 7.01. The van der Waals surface area contributed by atoms with E-state index in [1.807, 2.05) is 11.0 Å². The van der Waals surface area contributed by atoms with Crippen molar-refractivity contribution in [2.24, 2.45) is 5.73 Å². The van der Waals surface area contributed by atoms with Gasteiger partial charge in [-0.25, -0.2) is 0 Å². The fourth-order valence-corrected chi connectivity index (χ4v) is 4.42. The zero-order valence-corrected chi connectivity index (χ0v) is 15.2. The van der Waals surface area contributed by atoms with Gasteiger partial charge < -0.3 is 15.2 Å². The molecule has 26 heavy (non-hydrogen) atoms. The number of carbonyl (C=O) groups is 1. The number of benzene rings is 1. The van der Waals surface area contributed by atoms with E-state index in [0.717, 1.165) is 49.8 Å².